The highest BCUT2D eigenvalue weighted by atomic mass is 19.4. The molecule has 274 valence electrons. The van der Waals surface area contributed by atoms with Crippen LogP contribution in [0.2, 0.25) is 0 Å². The maximum Gasteiger partial charge on any atom is 0.416 e. The van der Waals surface area contributed by atoms with Gasteiger partial charge in [0, 0.05) is 63.5 Å². The van der Waals surface area contributed by atoms with E-state index in [1.54, 1.807) is 67.5 Å². The lowest BCUT2D eigenvalue weighted by Crippen LogP contribution is -2.47. The summed E-state index contributed by atoms with van der Waals surface area (Å²) in [5, 5.41) is 18.9. The summed E-state index contributed by atoms with van der Waals surface area (Å²) < 4.78 is 46.2. The molecule has 11 nitrogen and oxygen atoms in total. The van der Waals surface area contributed by atoms with Crippen LogP contribution in [0.25, 0.3) is 0 Å². The van der Waals surface area contributed by atoms with Crippen molar-refractivity contribution in [2.24, 2.45) is 20.0 Å². The molecular formula is C37H48F3N9O2. The minimum absolute atomic E-state index is 0.0191. The lowest BCUT2D eigenvalue weighted by atomic mass is 9.76. The van der Waals surface area contributed by atoms with Crippen LogP contribution >= 0.6 is 0 Å². The molecule has 4 aromatic rings. The van der Waals surface area contributed by atoms with Gasteiger partial charge in [0.15, 0.2) is 0 Å². The highest BCUT2D eigenvalue weighted by Crippen LogP contribution is 2.40. The maximum absolute atomic E-state index is 14.2. The fourth-order valence-corrected chi connectivity index (χ4v) is 6.76. The van der Waals surface area contributed by atoms with Crippen molar-refractivity contribution in [1.29, 1.82) is 0 Å². The summed E-state index contributed by atoms with van der Waals surface area (Å²) in [5.41, 5.74) is 1.57. The van der Waals surface area contributed by atoms with Crippen molar-refractivity contribution >= 4 is 18.5 Å². The molecule has 2 unspecified atom stereocenters. The monoisotopic (exact) mass is 707 g/mol. The molecule has 3 heterocycles. The molecule has 2 aromatic carbocycles. The third-order valence-corrected chi connectivity index (χ3v) is 9.14. The Hall–Kier alpha value is -4.85. The van der Waals surface area contributed by atoms with Gasteiger partial charge in [-0.15, -0.1) is 21.9 Å². The van der Waals surface area contributed by atoms with E-state index in [-0.39, 0.29) is 30.6 Å². The number of halogens is 3. The fraction of sp³-hybridized carbons (Fsp3) is 0.459. The van der Waals surface area contributed by atoms with Gasteiger partial charge in [0.05, 0.1) is 17.8 Å². The Morgan fingerprint density at radius 2 is 1.75 bits per heavy atom. The smallest absolute Gasteiger partial charge is 0.355 e. The maximum atomic E-state index is 14.2. The van der Waals surface area contributed by atoms with Gasteiger partial charge in [0.1, 0.15) is 12.2 Å². The Morgan fingerprint density at radius 1 is 1.04 bits per heavy atom. The number of nitrogens with zero attached hydrogens (tertiary/aromatic N) is 8. The van der Waals surface area contributed by atoms with E-state index in [4.69, 9.17) is 0 Å². The molecule has 0 spiro atoms. The molecular weight excluding hydrogens is 659 g/mol. The standard InChI is InChI=1S/C26H29F3N6O2.C8H13N3.C3H6/c1-18-8-19(11-34-12-20(10-21(13-34)30-16-36)25-15-33(2)32-31-25)9-24(26(27,28)29)23(18)14-35(17-37)22-6-4-3-5-7-22;1-6-3-7(4-6)8-10-9-5-11(8)2;1-3-2/h3-9,15-17,20-21H,10-14H2,1-2H3,(H,30,36);5-7H,3-4H2,1-2H3;3H,1H2,2H3. The van der Waals surface area contributed by atoms with Crippen molar-refractivity contribution in [3.63, 3.8) is 0 Å². The quantitative estimate of drug-likeness (QED) is 0.161. The molecule has 6 rings (SSSR count). The molecule has 51 heavy (non-hydrogen) atoms. The molecule has 14 heteroatoms. The number of alkyl halides is 3. The van der Waals surface area contributed by atoms with Gasteiger partial charge in [0.25, 0.3) is 0 Å². The fourth-order valence-electron chi connectivity index (χ4n) is 6.76. The minimum Gasteiger partial charge on any atom is -0.355 e. The lowest BCUT2D eigenvalue weighted by molar-refractivity contribution is -0.138. The Labute approximate surface area is 297 Å². The number of anilines is 1. The van der Waals surface area contributed by atoms with Crippen LogP contribution < -0.4 is 10.2 Å². The first-order valence-electron chi connectivity index (χ1n) is 17.0. The normalized spacial score (nSPS) is 20.1. The second kappa shape index (κ2) is 17.9. The summed E-state index contributed by atoms with van der Waals surface area (Å²) in [4.78, 5) is 26.2. The number of likely N-dealkylation sites (tertiary alicyclic amines) is 1. The van der Waals surface area contributed by atoms with Crippen molar-refractivity contribution in [1.82, 2.24) is 40.0 Å². The third kappa shape index (κ3) is 10.6. The number of para-hydroxylation sites is 1. The van der Waals surface area contributed by atoms with Crippen LogP contribution in [0.1, 0.15) is 78.7 Å². The van der Waals surface area contributed by atoms with E-state index in [2.05, 4.69) is 39.3 Å². The molecule has 1 N–H and O–H groups in total. The van der Waals surface area contributed by atoms with Crippen LogP contribution in [0.15, 0.2) is 67.6 Å². The predicted octanol–water partition coefficient (Wildman–Crippen LogP) is 5.93. The Bertz CT molecular complexity index is 1720. The zero-order chi connectivity index (χ0) is 37.1. The average molecular weight is 708 g/mol. The molecule has 2 amide bonds. The molecule has 1 saturated heterocycles. The second-order valence-electron chi connectivity index (χ2n) is 13.4. The highest BCUT2D eigenvalue weighted by molar-refractivity contribution is 5.75. The van der Waals surface area contributed by atoms with Gasteiger partial charge in [-0.25, -0.2) is 0 Å². The van der Waals surface area contributed by atoms with Gasteiger partial charge < -0.3 is 14.8 Å². The molecule has 1 saturated carbocycles. The number of carbonyl (C=O) groups excluding carboxylic acids is 2. The van der Waals surface area contributed by atoms with E-state index < -0.39 is 11.7 Å². The SMILES string of the molecule is C=CC.CC1CC(c2nncn2C)C1.Cc1cc(CN2CC(NC=O)CC(c3cn(C)nn3)C2)cc(C(F)(F)F)c1CN(C=O)c1ccccc1. The molecule has 2 fully saturated rings. The number of nitrogens with one attached hydrogen (secondary N) is 1. The van der Waals surface area contributed by atoms with Gasteiger partial charge in [-0.3, -0.25) is 19.2 Å². The molecule has 1 aliphatic heterocycles. The van der Waals surface area contributed by atoms with Crippen molar-refractivity contribution in [3.8, 4) is 0 Å². The Morgan fingerprint density at radius 3 is 2.29 bits per heavy atom. The number of carbonyl (C=O) groups is 2. The molecule has 2 atom stereocenters. The number of aromatic nitrogens is 6. The van der Waals surface area contributed by atoms with Gasteiger partial charge in [-0.05, 0) is 73.9 Å². The zero-order valence-corrected chi connectivity index (χ0v) is 29.9. The number of piperidine rings is 1. The number of allylic oxidation sites excluding steroid dienone is 1. The molecule has 1 aliphatic carbocycles. The average Bonchev–Trinajstić information content (AvgIpc) is 3.71. The lowest BCUT2D eigenvalue weighted by Gasteiger charge is -2.37. The summed E-state index contributed by atoms with van der Waals surface area (Å²) in [7, 11) is 3.78. The van der Waals surface area contributed by atoms with E-state index in [1.807, 2.05) is 29.6 Å². The molecule has 2 aliphatic rings. The summed E-state index contributed by atoms with van der Waals surface area (Å²) in [6, 6.07) is 11.3. The van der Waals surface area contributed by atoms with Crippen LogP contribution in [0.5, 0.6) is 0 Å². The molecule has 2 aromatic heterocycles. The van der Waals surface area contributed by atoms with E-state index in [0.717, 1.165) is 17.4 Å². The first-order valence-corrected chi connectivity index (χ1v) is 17.0. The number of aryl methyl sites for hydroxylation is 3. The van der Waals surface area contributed by atoms with Crippen LogP contribution in [0.3, 0.4) is 0 Å². The van der Waals surface area contributed by atoms with Gasteiger partial charge in [0.2, 0.25) is 12.8 Å². The van der Waals surface area contributed by atoms with Crippen LogP contribution in [0, 0.1) is 12.8 Å². The summed E-state index contributed by atoms with van der Waals surface area (Å²) in [5.74, 6) is 2.70. The zero-order valence-electron chi connectivity index (χ0n) is 29.9. The van der Waals surface area contributed by atoms with Gasteiger partial charge in [-0.1, -0.05) is 42.5 Å². The summed E-state index contributed by atoms with van der Waals surface area (Å²) in [6.07, 6.45) is 5.18. The third-order valence-electron chi connectivity index (χ3n) is 9.14. The van der Waals surface area contributed by atoms with Crippen LogP contribution in [-0.4, -0.2) is 66.6 Å². The second-order valence-corrected chi connectivity index (χ2v) is 13.4. The molecule has 0 radical (unpaired) electrons. The Kier molecular flexibility index (Phi) is 13.7. The van der Waals surface area contributed by atoms with Crippen molar-refractivity contribution in [2.75, 3.05) is 18.0 Å². The van der Waals surface area contributed by atoms with E-state index >= 15 is 0 Å². The number of rotatable bonds is 10. The van der Waals surface area contributed by atoms with Crippen LogP contribution in [0.4, 0.5) is 18.9 Å². The first-order chi connectivity index (χ1) is 24.4. The van der Waals surface area contributed by atoms with Crippen molar-refractivity contribution < 1.29 is 22.8 Å². The number of hydrogen-bond donors (Lipinski definition) is 1. The topological polar surface area (TPSA) is 114 Å². The first kappa shape index (κ1) is 38.9. The summed E-state index contributed by atoms with van der Waals surface area (Å²) in [6.45, 7) is 10.3. The van der Waals surface area contributed by atoms with E-state index in [1.165, 1.54) is 23.8 Å². The molecule has 0 bridgehead atoms. The number of hydrogen-bond acceptors (Lipinski definition) is 7. The Balaban J connectivity index is 0.000000345. The summed E-state index contributed by atoms with van der Waals surface area (Å²) >= 11 is 0. The predicted molar refractivity (Wildman–Crippen MR) is 190 cm³/mol. The van der Waals surface area contributed by atoms with Gasteiger partial charge in [-0.2, -0.15) is 13.2 Å². The highest BCUT2D eigenvalue weighted by Gasteiger charge is 2.36. The van der Waals surface area contributed by atoms with Crippen molar-refractivity contribution in [2.45, 2.75) is 77.2 Å². The van der Waals surface area contributed by atoms with E-state index in [9.17, 15) is 22.8 Å². The largest absolute Gasteiger partial charge is 0.416 e. The van der Waals surface area contributed by atoms with Crippen LogP contribution in [-0.2, 0) is 43.0 Å². The minimum atomic E-state index is -4.59. The number of benzene rings is 2. The van der Waals surface area contributed by atoms with Gasteiger partial charge >= 0.3 is 6.18 Å². The number of amides is 2. The van der Waals surface area contributed by atoms with Crippen molar-refractivity contribution in [3.05, 3.63) is 101 Å². The van der Waals surface area contributed by atoms with E-state index in [0.29, 0.717) is 55.1 Å².